The summed E-state index contributed by atoms with van der Waals surface area (Å²) >= 11 is 0. The normalized spacial score (nSPS) is 14.5. The van der Waals surface area contributed by atoms with Crippen LogP contribution in [-0.2, 0) is 18.8 Å². The lowest BCUT2D eigenvalue weighted by Crippen LogP contribution is -2.40. The third kappa shape index (κ3) is 9.52. The van der Waals surface area contributed by atoms with Gasteiger partial charge in [0.15, 0.2) is 0 Å². The minimum atomic E-state index is -0.441. The van der Waals surface area contributed by atoms with Gasteiger partial charge in [-0.2, -0.15) is 0 Å². The molecule has 1 unspecified atom stereocenters. The summed E-state index contributed by atoms with van der Waals surface area (Å²) in [5, 5.41) is 0. The number of carbonyl (C=O) groups is 2. The molecule has 2 aromatic rings. The van der Waals surface area contributed by atoms with Gasteiger partial charge in [0.2, 0.25) is 0 Å². The summed E-state index contributed by atoms with van der Waals surface area (Å²) in [7, 11) is -0.368. The molecule has 200 valence electrons. The molecule has 0 radical (unpaired) electrons. The van der Waals surface area contributed by atoms with Crippen LogP contribution in [0.3, 0.4) is 0 Å². The van der Waals surface area contributed by atoms with Crippen LogP contribution >= 0.6 is 0 Å². The van der Waals surface area contributed by atoms with E-state index in [4.69, 9.17) is 23.5 Å². The second-order valence-electron chi connectivity index (χ2n) is 10.1. The second kappa shape index (κ2) is 14.8. The minimum Gasteiger partial charge on any atom is -0.494 e. The average molecular weight is 510 g/mol. The summed E-state index contributed by atoms with van der Waals surface area (Å²) in [4.78, 5) is 24.9. The third-order valence-corrected chi connectivity index (χ3v) is 6.16. The lowest BCUT2D eigenvalue weighted by atomic mass is 9.78. The molecule has 3 rings (SSSR count). The Labute approximate surface area is 220 Å². The predicted molar refractivity (Wildman–Crippen MR) is 143 cm³/mol. The Balaban J connectivity index is 1.35. The maximum Gasteiger partial charge on any atom is 0.493 e. The molecule has 0 aromatic heterocycles. The van der Waals surface area contributed by atoms with Crippen molar-refractivity contribution in [2.45, 2.75) is 53.4 Å². The van der Waals surface area contributed by atoms with Crippen molar-refractivity contribution >= 4 is 24.5 Å². The Morgan fingerprint density at radius 1 is 0.865 bits per heavy atom. The van der Waals surface area contributed by atoms with Gasteiger partial charge in [-0.25, -0.2) is 4.79 Å². The highest BCUT2D eigenvalue weighted by atomic mass is 16.6. The summed E-state index contributed by atoms with van der Waals surface area (Å²) in [5.41, 5.74) is 1.33. The van der Waals surface area contributed by atoms with E-state index in [0.717, 1.165) is 31.1 Å². The van der Waals surface area contributed by atoms with E-state index in [9.17, 15) is 9.59 Å². The highest BCUT2D eigenvalue weighted by Gasteiger charge is 2.25. The molecule has 8 heteroatoms. The Bertz CT molecular complexity index is 967. The molecule has 0 bridgehead atoms. The molecule has 1 saturated heterocycles. The van der Waals surface area contributed by atoms with Crippen molar-refractivity contribution in [2.24, 2.45) is 17.8 Å². The van der Waals surface area contributed by atoms with E-state index < -0.39 is 5.97 Å². The lowest BCUT2D eigenvalue weighted by Gasteiger charge is -2.21. The van der Waals surface area contributed by atoms with Gasteiger partial charge in [-0.1, -0.05) is 39.8 Å². The molecule has 0 saturated carbocycles. The molecule has 1 heterocycles. The maximum atomic E-state index is 12.5. The van der Waals surface area contributed by atoms with Crippen molar-refractivity contribution in [3.63, 3.8) is 0 Å². The van der Waals surface area contributed by atoms with E-state index in [1.54, 1.807) is 36.4 Å². The molecule has 0 N–H and O–H groups in total. The van der Waals surface area contributed by atoms with Crippen LogP contribution < -0.4 is 14.9 Å². The van der Waals surface area contributed by atoms with Crippen LogP contribution in [0.1, 0.15) is 63.7 Å². The number of unbranched alkanes of at least 4 members (excludes halogenated alkanes) is 1. The lowest BCUT2D eigenvalue weighted by molar-refractivity contribution is -0.151. The second-order valence-corrected chi connectivity index (χ2v) is 10.1. The van der Waals surface area contributed by atoms with Gasteiger partial charge < -0.3 is 23.5 Å². The van der Waals surface area contributed by atoms with Crippen LogP contribution in [0.2, 0.25) is 0 Å². The first-order valence-corrected chi connectivity index (χ1v) is 13.3. The standard InChI is InChI=1S/C29H39BO7/c1-21(2)20-27(22(3)4)29(32)34-17-6-5-16-33-25-12-8-23(9-13-25)28(31)37-26-14-10-24(11-15-26)30-35-18-7-19-36-30/h8-15,21-22,27H,5-7,16-20H2,1-4H3. The van der Waals surface area contributed by atoms with Gasteiger partial charge in [0.1, 0.15) is 11.5 Å². The van der Waals surface area contributed by atoms with Crippen LogP contribution in [0.5, 0.6) is 11.5 Å². The van der Waals surface area contributed by atoms with Gasteiger partial charge in [0, 0.05) is 13.2 Å². The van der Waals surface area contributed by atoms with Gasteiger partial charge in [-0.15, -0.1) is 0 Å². The summed E-state index contributed by atoms with van der Waals surface area (Å²) < 4.78 is 27.9. The van der Waals surface area contributed by atoms with Crippen molar-refractivity contribution < 1.29 is 33.1 Å². The molecule has 1 fully saturated rings. The van der Waals surface area contributed by atoms with Gasteiger partial charge in [-0.05, 0) is 79.4 Å². The number of hydrogen-bond acceptors (Lipinski definition) is 7. The minimum absolute atomic E-state index is 0.0495. The topological polar surface area (TPSA) is 80.3 Å². The zero-order chi connectivity index (χ0) is 26.6. The molecule has 0 aliphatic carbocycles. The first-order valence-electron chi connectivity index (χ1n) is 13.3. The van der Waals surface area contributed by atoms with Crippen molar-refractivity contribution in [3.8, 4) is 11.5 Å². The number of benzene rings is 2. The molecule has 0 spiro atoms. The third-order valence-electron chi connectivity index (χ3n) is 6.16. The van der Waals surface area contributed by atoms with Crippen molar-refractivity contribution in [1.82, 2.24) is 0 Å². The number of esters is 2. The quantitative estimate of drug-likeness (QED) is 0.161. The number of hydrogen-bond donors (Lipinski definition) is 0. The fourth-order valence-electron chi connectivity index (χ4n) is 4.05. The summed E-state index contributed by atoms with van der Waals surface area (Å²) in [6, 6.07) is 14.0. The fraction of sp³-hybridized carbons (Fsp3) is 0.517. The average Bonchev–Trinajstić information content (AvgIpc) is 2.90. The molecule has 1 aliphatic heterocycles. The van der Waals surface area contributed by atoms with E-state index in [1.807, 2.05) is 12.1 Å². The van der Waals surface area contributed by atoms with E-state index in [0.29, 0.717) is 49.4 Å². The highest BCUT2D eigenvalue weighted by molar-refractivity contribution is 6.61. The zero-order valence-corrected chi connectivity index (χ0v) is 22.4. The number of ether oxygens (including phenoxy) is 3. The van der Waals surface area contributed by atoms with E-state index >= 15 is 0 Å². The summed E-state index contributed by atoms with van der Waals surface area (Å²) in [6.07, 6.45) is 3.24. The van der Waals surface area contributed by atoms with E-state index in [1.165, 1.54) is 0 Å². The first kappa shape index (κ1) is 28.7. The number of carbonyl (C=O) groups excluding carboxylic acids is 2. The molecule has 7 nitrogen and oxygen atoms in total. The van der Waals surface area contributed by atoms with Gasteiger partial charge in [-0.3, -0.25) is 4.79 Å². The first-order chi connectivity index (χ1) is 17.8. The monoisotopic (exact) mass is 510 g/mol. The predicted octanol–water partition coefficient (Wildman–Crippen LogP) is 5.06. The molecule has 0 amide bonds. The highest BCUT2D eigenvalue weighted by Crippen LogP contribution is 2.22. The Morgan fingerprint density at radius 2 is 1.49 bits per heavy atom. The van der Waals surface area contributed by atoms with Crippen LogP contribution in [0, 0.1) is 17.8 Å². The van der Waals surface area contributed by atoms with E-state index in [2.05, 4.69) is 27.7 Å². The molecule has 2 aromatic carbocycles. The van der Waals surface area contributed by atoms with Crippen LogP contribution in [0.15, 0.2) is 48.5 Å². The van der Waals surface area contributed by atoms with Gasteiger partial charge in [0.25, 0.3) is 0 Å². The van der Waals surface area contributed by atoms with Crippen LogP contribution in [0.25, 0.3) is 0 Å². The maximum absolute atomic E-state index is 12.5. The summed E-state index contributed by atoms with van der Waals surface area (Å²) in [6.45, 7) is 10.6. The Morgan fingerprint density at radius 3 is 2.11 bits per heavy atom. The Kier molecular flexibility index (Phi) is 11.5. The number of rotatable bonds is 13. The molecular formula is C29H39BO7. The molecular weight excluding hydrogens is 471 g/mol. The largest absolute Gasteiger partial charge is 0.494 e. The summed E-state index contributed by atoms with van der Waals surface area (Å²) in [5.74, 6) is 1.27. The smallest absolute Gasteiger partial charge is 0.493 e. The SMILES string of the molecule is CC(C)CC(C(=O)OCCCCOc1ccc(C(=O)Oc2ccc(B3OCCCO3)cc2)cc1)C(C)C. The van der Waals surface area contributed by atoms with Crippen molar-refractivity contribution in [1.29, 1.82) is 0 Å². The van der Waals surface area contributed by atoms with E-state index in [-0.39, 0.29) is 24.9 Å². The molecule has 1 atom stereocenters. The van der Waals surface area contributed by atoms with Crippen molar-refractivity contribution in [3.05, 3.63) is 54.1 Å². The van der Waals surface area contributed by atoms with Gasteiger partial charge >= 0.3 is 19.1 Å². The zero-order valence-electron chi connectivity index (χ0n) is 22.4. The molecule has 37 heavy (non-hydrogen) atoms. The van der Waals surface area contributed by atoms with Crippen molar-refractivity contribution in [2.75, 3.05) is 26.4 Å². The fourth-order valence-corrected chi connectivity index (χ4v) is 4.05. The van der Waals surface area contributed by atoms with Gasteiger partial charge in [0.05, 0.1) is 24.7 Å². The van der Waals surface area contributed by atoms with Crippen LogP contribution in [0.4, 0.5) is 0 Å². The molecule has 1 aliphatic rings. The Hall–Kier alpha value is -2.84. The van der Waals surface area contributed by atoms with Crippen LogP contribution in [-0.4, -0.2) is 45.5 Å².